The van der Waals surface area contributed by atoms with Gasteiger partial charge in [-0.25, -0.2) is 0 Å². The Bertz CT molecular complexity index is 919. The van der Waals surface area contributed by atoms with Crippen LogP contribution in [0.15, 0.2) is 72.0 Å². The van der Waals surface area contributed by atoms with Crippen LogP contribution in [0.25, 0.3) is 5.69 Å². The summed E-state index contributed by atoms with van der Waals surface area (Å²) in [6, 6.07) is 20.8. The molecule has 7 nitrogen and oxygen atoms in total. The second-order valence-corrected chi connectivity index (χ2v) is 7.10. The van der Waals surface area contributed by atoms with Crippen LogP contribution >= 0.6 is 24.0 Å². The van der Waals surface area contributed by atoms with Gasteiger partial charge in [-0.2, -0.15) is 0 Å². The van der Waals surface area contributed by atoms with E-state index in [1.807, 2.05) is 41.9 Å². The van der Waals surface area contributed by atoms with E-state index in [2.05, 4.69) is 60.6 Å². The predicted octanol–water partition coefficient (Wildman–Crippen LogP) is 2.78. The minimum absolute atomic E-state index is 0. The highest BCUT2D eigenvalue weighted by molar-refractivity contribution is 14.0. The van der Waals surface area contributed by atoms with Gasteiger partial charge in [0.1, 0.15) is 6.33 Å². The third-order valence-electron chi connectivity index (χ3n) is 5.19. The third-order valence-corrected chi connectivity index (χ3v) is 5.19. The number of nitrogens with one attached hydrogen (secondary N) is 1. The van der Waals surface area contributed by atoms with Gasteiger partial charge in [0.15, 0.2) is 11.8 Å². The summed E-state index contributed by atoms with van der Waals surface area (Å²) in [5, 5.41) is 11.8. The second-order valence-electron chi connectivity index (χ2n) is 7.10. The van der Waals surface area contributed by atoms with E-state index in [-0.39, 0.29) is 24.0 Å². The van der Waals surface area contributed by atoms with Crippen molar-refractivity contribution in [2.75, 3.05) is 33.2 Å². The SMILES string of the molecule is CN=C(NCc1nncn1-c1ccccc1)N1CCN(Cc2ccccc2)CC1.I. The summed E-state index contributed by atoms with van der Waals surface area (Å²) in [7, 11) is 1.83. The third kappa shape index (κ3) is 5.57. The number of piperazine rings is 1. The molecule has 8 heteroatoms. The molecule has 0 radical (unpaired) electrons. The maximum atomic E-state index is 4.48. The molecule has 0 amide bonds. The van der Waals surface area contributed by atoms with Crippen LogP contribution in [-0.4, -0.2) is 63.8 Å². The van der Waals surface area contributed by atoms with Crippen LogP contribution < -0.4 is 5.32 Å². The normalized spacial score (nSPS) is 15.0. The van der Waals surface area contributed by atoms with Gasteiger partial charge in [-0.1, -0.05) is 48.5 Å². The van der Waals surface area contributed by atoms with Gasteiger partial charge >= 0.3 is 0 Å². The van der Waals surface area contributed by atoms with Gasteiger partial charge in [0.05, 0.1) is 6.54 Å². The van der Waals surface area contributed by atoms with E-state index >= 15 is 0 Å². The van der Waals surface area contributed by atoms with E-state index in [0.717, 1.165) is 50.2 Å². The molecule has 1 aliphatic rings. The molecule has 0 aliphatic carbocycles. The fraction of sp³-hybridized carbons (Fsp3) is 0.318. The number of guanidine groups is 1. The summed E-state index contributed by atoms with van der Waals surface area (Å²) < 4.78 is 2.00. The largest absolute Gasteiger partial charge is 0.349 e. The molecule has 2 heterocycles. The topological polar surface area (TPSA) is 61.6 Å². The summed E-state index contributed by atoms with van der Waals surface area (Å²) in [4.78, 5) is 9.28. The van der Waals surface area contributed by atoms with Crippen LogP contribution in [0.5, 0.6) is 0 Å². The number of para-hydroxylation sites is 1. The second kappa shape index (κ2) is 11.1. The lowest BCUT2D eigenvalue weighted by Gasteiger charge is -2.36. The molecule has 0 saturated carbocycles. The number of hydrogen-bond donors (Lipinski definition) is 1. The Labute approximate surface area is 194 Å². The smallest absolute Gasteiger partial charge is 0.194 e. The Morgan fingerprint density at radius 1 is 0.967 bits per heavy atom. The maximum absolute atomic E-state index is 4.48. The summed E-state index contributed by atoms with van der Waals surface area (Å²) in [6.45, 7) is 5.54. The van der Waals surface area contributed by atoms with Crippen molar-refractivity contribution < 1.29 is 0 Å². The lowest BCUT2D eigenvalue weighted by molar-refractivity contribution is 0.172. The van der Waals surface area contributed by atoms with Crippen molar-refractivity contribution in [3.63, 3.8) is 0 Å². The molecule has 0 atom stereocenters. The van der Waals surface area contributed by atoms with E-state index in [9.17, 15) is 0 Å². The average Bonchev–Trinajstić information content (AvgIpc) is 3.25. The fourth-order valence-corrected chi connectivity index (χ4v) is 3.63. The Hall–Kier alpha value is -2.46. The lowest BCUT2D eigenvalue weighted by atomic mass is 10.2. The molecule has 158 valence electrons. The summed E-state index contributed by atoms with van der Waals surface area (Å²) in [6.07, 6.45) is 1.75. The molecule has 3 aromatic rings. The first-order valence-corrected chi connectivity index (χ1v) is 9.99. The van der Waals surface area contributed by atoms with E-state index < -0.39 is 0 Å². The van der Waals surface area contributed by atoms with Crippen LogP contribution in [0.3, 0.4) is 0 Å². The molecule has 1 aromatic heterocycles. The van der Waals surface area contributed by atoms with Crippen molar-refractivity contribution in [1.29, 1.82) is 0 Å². The fourth-order valence-electron chi connectivity index (χ4n) is 3.63. The van der Waals surface area contributed by atoms with Crippen LogP contribution in [0, 0.1) is 0 Å². The molecule has 0 unspecified atom stereocenters. The quantitative estimate of drug-likeness (QED) is 0.321. The minimum atomic E-state index is 0. The van der Waals surface area contributed by atoms with E-state index in [1.165, 1.54) is 5.56 Å². The van der Waals surface area contributed by atoms with Crippen LogP contribution in [0.1, 0.15) is 11.4 Å². The highest BCUT2D eigenvalue weighted by Gasteiger charge is 2.20. The van der Waals surface area contributed by atoms with Crippen molar-refractivity contribution in [2.24, 2.45) is 4.99 Å². The van der Waals surface area contributed by atoms with Crippen molar-refractivity contribution in [1.82, 2.24) is 29.9 Å². The number of rotatable bonds is 5. The van der Waals surface area contributed by atoms with Gasteiger partial charge in [-0.05, 0) is 17.7 Å². The number of benzene rings is 2. The number of aromatic nitrogens is 3. The van der Waals surface area contributed by atoms with Gasteiger partial charge in [-0.3, -0.25) is 14.5 Å². The van der Waals surface area contributed by atoms with Crippen LogP contribution in [0.2, 0.25) is 0 Å². The van der Waals surface area contributed by atoms with Crippen molar-refractivity contribution in [2.45, 2.75) is 13.1 Å². The van der Waals surface area contributed by atoms with Crippen molar-refractivity contribution in [3.05, 3.63) is 78.4 Å². The molecule has 1 fully saturated rings. The van der Waals surface area contributed by atoms with Crippen LogP contribution in [0.4, 0.5) is 0 Å². The van der Waals surface area contributed by atoms with Crippen LogP contribution in [-0.2, 0) is 13.1 Å². The molecular weight excluding hydrogens is 489 g/mol. The molecule has 1 N–H and O–H groups in total. The number of aliphatic imine (C=N–C) groups is 1. The van der Waals surface area contributed by atoms with E-state index in [1.54, 1.807) is 6.33 Å². The molecule has 4 rings (SSSR count). The van der Waals surface area contributed by atoms with E-state index in [4.69, 9.17) is 0 Å². The van der Waals surface area contributed by atoms with Gasteiger partial charge in [0.2, 0.25) is 0 Å². The zero-order valence-corrected chi connectivity index (χ0v) is 19.5. The summed E-state index contributed by atoms with van der Waals surface area (Å²) in [5.41, 5.74) is 2.42. The Morgan fingerprint density at radius 2 is 1.63 bits per heavy atom. The first kappa shape index (κ1) is 22.2. The maximum Gasteiger partial charge on any atom is 0.194 e. The number of halogens is 1. The number of hydrogen-bond acceptors (Lipinski definition) is 4. The minimum Gasteiger partial charge on any atom is -0.349 e. The molecule has 0 spiro atoms. The molecular formula is C22H28IN7. The predicted molar refractivity (Wildman–Crippen MR) is 130 cm³/mol. The Balaban J connectivity index is 0.00000256. The lowest BCUT2D eigenvalue weighted by Crippen LogP contribution is -2.52. The summed E-state index contributed by atoms with van der Waals surface area (Å²) in [5.74, 6) is 1.77. The van der Waals surface area contributed by atoms with E-state index in [0.29, 0.717) is 6.54 Å². The van der Waals surface area contributed by atoms with Gasteiger partial charge in [-0.15, -0.1) is 34.2 Å². The van der Waals surface area contributed by atoms with Crippen molar-refractivity contribution >= 4 is 29.9 Å². The highest BCUT2D eigenvalue weighted by Crippen LogP contribution is 2.10. The summed E-state index contributed by atoms with van der Waals surface area (Å²) >= 11 is 0. The molecule has 0 bridgehead atoms. The Kier molecular flexibility index (Phi) is 8.21. The monoisotopic (exact) mass is 517 g/mol. The standard InChI is InChI=1S/C22H27N7.HI/c1-23-22(24-16-21-26-25-18-29(21)20-10-6-3-7-11-20)28-14-12-27(13-15-28)17-19-8-4-2-5-9-19;/h2-11,18H,12-17H2,1H3,(H,23,24);1H. The highest BCUT2D eigenvalue weighted by atomic mass is 127. The zero-order chi connectivity index (χ0) is 19.9. The van der Waals surface area contributed by atoms with Gasteiger partial charge < -0.3 is 10.2 Å². The number of nitrogens with zero attached hydrogens (tertiary/aromatic N) is 6. The molecule has 1 saturated heterocycles. The first-order chi connectivity index (χ1) is 14.3. The molecule has 1 aliphatic heterocycles. The van der Waals surface area contributed by atoms with Gasteiger partial charge in [0, 0.05) is 45.5 Å². The zero-order valence-electron chi connectivity index (χ0n) is 17.2. The van der Waals surface area contributed by atoms with Crippen molar-refractivity contribution in [3.8, 4) is 5.69 Å². The molecule has 2 aromatic carbocycles. The Morgan fingerprint density at radius 3 is 2.30 bits per heavy atom. The van der Waals surface area contributed by atoms with Gasteiger partial charge in [0.25, 0.3) is 0 Å². The first-order valence-electron chi connectivity index (χ1n) is 9.99. The average molecular weight is 517 g/mol. The molecule has 30 heavy (non-hydrogen) atoms.